The third kappa shape index (κ3) is 3.30. The van der Waals surface area contributed by atoms with Crippen molar-refractivity contribution in [3.8, 4) is 0 Å². The number of carbonyl (C=O) groups excluding carboxylic acids is 1. The Morgan fingerprint density at radius 1 is 0.867 bits per heavy atom. The van der Waals surface area contributed by atoms with Crippen LogP contribution in [0.4, 0.5) is 0 Å². The van der Waals surface area contributed by atoms with E-state index in [0.717, 1.165) is 32.0 Å². The van der Waals surface area contributed by atoms with Gasteiger partial charge >= 0.3 is 0 Å². The molecule has 1 saturated heterocycles. The van der Waals surface area contributed by atoms with Crippen molar-refractivity contribution in [2.75, 3.05) is 13.1 Å². The maximum Gasteiger partial charge on any atom is 0.135 e. The molecule has 86 valence electrons. The number of carbonyl (C=O) groups is 1. The molecule has 0 radical (unpaired) electrons. The minimum Gasteiger partial charge on any atom is -0.300 e. The fraction of sp³-hybridized carbons (Fsp3) is 0.923. The summed E-state index contributed by atoms with van der Waals surface area (Å²) in [7, 11) is 0. The molecule has 1 aliphatic carbocycles. The highest BCUT2D eigenvalue weighted by molar-refractivity contribution is 5.79. The molecule has 0 aromatic rings. The molecule has 0 unspecified atom stereocenters. The molecule has 0 amide bonds. The average Bonchev–Trinajstić information content (AvgIpc) is 2.19. The van der Waals surface area contributed by atoms with Crippen LogP contribution in [0, 0.1) is 0 Å². The lowest BCUT2D eigenvalue weighted by Gasteiger charge is -2.35. The molecule has 0 N–H and O–H groups in total. The van der Waals surface area contributed by atoms with Gasteiger partial charge in [-0.15, -0.1) is 0 Å². The Morgan fingerprint density at radius 2 is 1.40 bits per heavy atom. The maximum absolute atomic E-state index is 11.2. The summed E-state index contributed by atoms with van der Waals surface area (Å²) in [5.74, 6) is 0.470. The fourth-order valence-corrected chi connectivity index (χ4v) is 2.94. The van der Waals surface area contributed by atoms with Gasteiger partial charge in [0.15, 0.2) is 0 Å². The van der Waals surface area contributed by atoms with Crippen LogP contribution in [0.25, 0.3) is 0 Å². The first-order valence-electron chi connectivity index (χ1n) is 6.62. The van der Waals surface area contributed by atoms with Crippen molar-refractivity contribution in [1.29, 1.82) is 0 Å². The van der Waals surface area contributed by atoms with Gasteiger partial charge in [-0.25, -0.2) is 0 Å². The molecule has 2 aliphatic rings. The summed E-state index contributed by atoms with van der Waals surface area (Å²) in [6.45, 7) is 2.06. The SMILES string of the molecule is O=C1CCN(C2CCCCCCC2)CC1. The summed E-state index contributed by atoms with van der Waals surface area (Å²) < 4.78 is 0. The van der Waals surface area contributed by atoms with E-state index in [1.807, 2.05) is 0 Å². The Balaban J connectivity index is 1.82. The van der Waals surface area contributed by atoms with Gasteiger partial charge in [0.1, 0.15) is 5.78 Å². The van der Waals surface area contributed by atoms with E-state index < -0.39 is 0 Å². The molecule has 0 aromatic carbocycles. The molecule has 2 rings (SSSR count). The van der Waals surface area contributed by atoms with Crippen LogP contribution in [0.5, 0.6) is 0 Å². The topological polar surface area (TPSA) is 20.3 Å². The van der Waals surface area contributed by atoms with Crippen LogP contribution in [0.3, 0.4) is 0 Å². The summed E-state index contributed by atoms with van der Waals surface area (Å²) in [6.07, 6.45) is 11.4. The van der Waals surface area contributed by atoms with Gasteiger partial charge in [-0.05, 0) is 12.8 Å². The van der Waals surface area contributed by atoms with E-state index in [1.165, 1.54) is 44.9 Å². The lowest BCUT2D eigenvalue weighted by molar-refractivity contribution is -0.122. The van der Waals surface area contributed by atoms with Gasteiger partial charge in [-0.3, -0.25) is 9.69 Å². The van der Waals surface area contributed by atoms with Gasteiger partial charge < -0.3 is 0 Å². The Kier molecular flexibility index (Phi) is 4.18. The van der Waals surface area contributed by atoms with Gasteiger partial charge in [-0.1, -0.05) is 32.1 Å². The molecule has 2 heteroatoms. The Hall–Kier alpha value is -0.370. The lowest BCUT2D eigenvalue weighted by atomic mass is 9.94. The van der Waals surface area contributed by atoms with Gasteiger partial charge in [0, 0.05) is 32.0 Å². The zero-order valence-corrected chi connectivity index (χ0v) is 9.71. The third-order valence-corrected chi connectivity index (χ3v) is 3.95. The van der Waals surface area contributed by atoms with Crippen molar-refractivity contribution in [1.82, 2.24) is 4.90 Å². The fourth-order valence-electron chi connectivity index (χ4n) is 2.94. The van der Waals surface area contributed by atoms with Crippen LogP contribution in [0.15, 0.2) is 0 Å². The van der Waals surface area contributed by atoms with Gasteiger partial charge in [0.05, 0.1) is 0 Å². The van der Waals surface area contributed by atoms with Crippen LogP contribution < -0.4 is 0 Å². The molecule has 1 saturated carbocycles. The summed E-state index contributed by atoms with van der Waals surface area (Å²) in [5, 5.41) is 0. The van der Waals surface area contributed by atoms with Crippen LogP contribution in [0.1, 0.15) is 57.8 Å². The van der Waals surface area contributed by atoms with E-state index in [-0.39, 0.29) is 0 Å². The zero-order valence-electron chi connectivity index (χ0n) is 9.71. The third-order valence-electron chi connectivity index (χ3n) is 3.95. The predicted molar refractivity (Wildman–Crippen MR) is 61.9 cm³/mol. The molecule has 1 aliphatic heterocycles. The lowest BCUT2D eigenvalue weighted by Crippen LogP contribution is -2.41. The highest BCUT2D eigenvalue weighted by Crippen LogP contribution is 2.23. The summed E-state index contributed by atoms with van der Waals surface area (Å²) in [4.78, 5) is 13.8. The largest absolute Gasteiger partial charge is 0.300 e. The molecular formula is C13H23NO. The van der Waals surface area contributed by atoms with Crippen LogP contribution in [0.2, 0.25) is 0 Å². The summed E-state index contributed by atoms with van der Waals surface area (Å²) >= 11 is 0. The highest BCUT2D eigenvalue weighted by Gasteiger charge is 2.23. The smallest absolute Gasteiger partial charge is 0.135 e. The van der Waals surface area contributed by atoms with Crippen LogP contribution in [-0.4, -0.2) is 29.8 Å². The first-order valence-corrected chi connectivity index (χ1v) is 6.62. The number of nitrogens with zero attached hydrogens (tertiary/aromatic N) is 1. The van der Waals surface area contributed by atoms with E-state index in [0.29, 0.717) is 5.78 Å². The molecule has 0 atom stereocenters. The van der Waals surface area contributed by atoms with Crippen molar-refractivity contribution in [3.63, 3.8) is 0 Å². The summed E-state index contributed by atoms with van der Waals surface area (Å²) in [5.41, 5.74) is 0. The molecule has 2 nitrogen and oxygen atoms in total. The minimum atomic E-state index is 0.470. The van der Waals surface area contributed by atoms with Crippen molar-refractivity contribution < 1.29 is 4.79 Å². The van der Waals surface area contributed by atoms with E-state index in [1.54, 1.807) is 0 Å². The predicted octanol–water partition coefficient (Wildman–Crippen LogP) is 2.76. The molecule has 2 fully saturated rings. The first kappa shape index (κ1) is 11.1. The molecule has 0 aromatic heterocycles. The van der Waals surface area contributed by atoms with E-state index >= 15 is 0 Å². The number of hydrogen-bond acceptors (Lipinski definition) is 2. The number of hydrogen-bond donors (Lipinski definition) is 0. The Bertz CT molecular complexity index is 197. The second-order valence-electron chi connectivity index (χ2n) is 5.07. The molecule has 0 bridgehead atoms. The number of ketones is 1. The minimum absolute atomic E-state index is 0.470. The first-order chi connectivity index (χ1) is 7.36. The average molecular weight is 209 g/mol. The second kappa shape index (κ2) is 5.64. The van der Waals surface area contributed by atoms with E-state index in [9.17, 15) is 4.79 Å². The molecular weight excluding hydrogens is 186 g/mol. The van der Waals surface area contributed by atoms with Crippen molar-refractivity contribution in [2.24, 2.45) is 0 Å². The second-order valence-corrected chi connectivity index (χ2v) is 5.07. The maximum atomic E-state index is 11.2. The molecule has 15 heavy (non-hydrogen) atoms. The molecule has 0 spiro atoms. The highest BCUT2D eigenvalue weighted by atomic mass is 16.1. The monoisotopic (exact) mass is 209 g/mol. The van der Waals surface area contributed by atoms with Gasteiger partial charge in [-0.2, -0.15) is 0 Å². The van der Waals surface area contributed by atoms with E-state index in [4.69, 9.17) is 0 Å². The van der Waals surface area contributed by atoms with Gasteiger partial charge in [0.2, 0.25) is 0 Å². The zero-order chi connectivity index (χ0) is 10.5. The number of likely N-dealkylation sites (tertiary alicyclic amines) is 1. The quantitative estimate of drug-likeness (QED) is 0.662. The van der Waals surface area contributed by atoms with Crippen molar-refractivity contribution in [2.45, 2.75) is 63.8 Å². The normalized spacial score (nSPS) is 27.3. The van der Waals surface area contributed by atoms with Crippen molar-refractivity contribution >= 4 is 5.78 Å². The number of piperidine rings is 1. The molecule has 1 heterocycles. The van der Waals surface area contributed by atoms with Crippen LogP contribution in [-0.2, 0) is 4.79 Å². The van der Waals surface area contributed by atoms with Crippen LogP contribution >= 0.6 is 0 Å². The standard InChI is InChI=1S/C13H23NO/c15-13-8-10-14(11-9-13)12-6-4-2-1-3-5-7-12/h12H,1-11H2. The number of rotatable bonds is 1. The van der Waals surface area contributed by atoms with E-state index in [2.05, 4.69) is 4.90 Å². The summed E-state index contributed by atoms with van der Waals surface area (Å²) in [6, 6.07) is 0.790. The Labute approximate surface area is 93.0 Å². The van der Waals surface area contributed by atoms with Gasteiger partial charge in [0.25, 0.3) is 0 Å². The van der Waals surface area contributed by atoms with Crippen molar-refractivity contribution in [3.05, 3.63) is 0 Å². The number of Topliss-reactive ketones (excluding diaryl/α,β-unsaturated/α-hetero) is 1. The Morgan fingerprint density at radius 3 is 2.00 bits per heavy atom.